The SMILES string of the molecule is c1nc2c(cc1C1CC1)OCCC1CNCCN21. The first-order valence-electron chi connectivity index (χ1n) is 7.02. The van der Waals surface area contributed by atoms with Crippen LogP contribution in [0.25, 0.3) is 0 Å². The Morgan fingerprint density at radius 1 is 1.33 bits per heavy atom. The molecule has 1 aliphatic carbocycles. The van der Waals surface area contributed by atoms with Crippen molar-refractivity contribution in [1.82, 2.24) is 10.3 Å². The molecule has 1 N–H and O–H groups in total. The van der Waals surface area contributed by atoms with Crippen molar-refractivity contribution >= 4 is 5.82 Å². The van der Waals surface area contributed by atoms with Crippen molar-refractivity contribution in [2.45, 2.75) is 31.2 Å². The van der Waals surface area contributed by atoms with Crippen molar-refractivity contribution < 1.29 is 4.74 Å². The summed E-state index contributed by atoms with van der Waals surface area (Å²) in [6.07, 6.45) is 5.78. The minimum absolute atomic E-state index is 0.541. The van der Waals surface area contributed by atoms with Crippen LogP contribution in [0, 0.1) is 0 Å². The average molecular weight is 245 g/mol. The molecular weight excluding hydrogens is 226 g/mol. The molecule has 4 rings (SSSR count). The summed E-state index contributed by atoms with van der Waals surface area (Å²) < 4.78 is 5.93. The Labute approximate surface area is 107 Å². The van der Waals surface area contributed by atoms with Gasteiger partial charge in [-0.1, -0.05) is 0 Å². The van der Waals surface area contributed by atoms with Crippen molar-refractivity contribution in [3.8, 4) is 5.75 Å². The zero-order chi connectivity index (χ0) is 11.9. The third-order valence-corrected chi connectivity index (χ3v) is 4.23. The van der Waals surface area contributed by atoms with Crippen LogP contribution in [0.5, 0.6) is 5.75 Å². The number of hydrogen-bond donors (Lipinski definition) is 1. The molecule has 0 amide bonds. The zero-order valence-electron chi connectivity index (χ0n) is 10.6. The van der Waals surface area contributed by atoms with Gasteiger partial charge in [-0.05, 0) is 30.4 Å². The van der Waals surface area contributed by atoms with E-state index in [0.29, 0.717) is 6.04 Å². The Morgan fingerprint density at radius 2 is 2.28 bits per heavy atom. The Morgan fingerprint density at radius 3 is 3.17 bits per heavy atom. The molecule has 0 spiro atoms. The number of rotatable bonds is 1. The van der Waals surface area contributed by atoms with E-state index in [4.69, 9.17) is 9.72 Å². The molecule has 3 aliphatic rings. The highest BCUT2D eigenvalue weighted by molar-refractivity contribution is 5.56. The number of nitrogens with zero attached hydrogens (tertiary/aromatic N) is 2. The van der Waals surface area contributed by atoms with E-state index < -0.39 is 0 Å². The summed E-state index contributed by atoms with van der Waals surface area (Å²) in [6, 6.07) is 2.77. The van der Waals surface area contributed by atoms with Crippen LogP contribution in [0.1, 0.15) is 30.7 Å². The topological polar surface area (TPSA) is 37.4 Å². The lowest BCUT2D eigenvalue weighted by Crippen LogP contribution is -2.51. The van der Waals surface area contributed by atoms with Crippen LogP contribution in [-0.2, 0) is 0 Å². The highest BCUT2D eigenvalue weighted by Crippen LogP contribution is 2.43. The lowest BCUT2D eigenvalue weighted by Gasteiger charge is -2.35. The van der Waals surface area contributed by atoms with Crippen molar-refractivity contribution in [1.29, 1.82) is 0 Å². The minimum atomic E-state index is 0.541. The first-order chi connectivity index (χ1) is 8.92. The number of ether oxygens (including phenoxy) is 1. The molecule has 1 saturated carbocycles. The second-order valence-electron chi connectivity index (χ2n) is 5.55. The molecule has 1 aromatic rings. The Bertz CT molecular complexity index is 458. The first kappa shape index (κ1) is 10.6. The third kappa shape index (κ3) is 1.75. The maximum atomic E-state index is 5.93. The van der Waals surface area contributed by atoms with Gasteiger partial charge in [0.05, 0.1) is 6.61 Å². The average Bonchev–Trinajstić information content (AvgIpc) is 3.24. The van der Waals surface area contributed by atoms with Gasteiger partial charge in [-0.15, -0.1) is 0 Å². The van der Waals surface area contributed by atoms with E-state index in [1.165, 1.54) is 18.4 Å². The fourth-order valence-electron chi connectivity index (χ4n) is 3.02. The maximum absolute atomic E-state index is 5.93. The number of hydrogen-bond acceptors (Lipinski definition) is 4. The minimum Gasteiger partial charge on any atom is -0.490 e. The Balaban J connectivity index is 1.71. The molecule has 0 radical (unpaired) electrons. The predicted molar refractivity (Wildman–Crippen MR) is 70.3 cm³/mol. The van der Waals surface area contributed by atoms with Crippen LogP contribution >= 0.6 is 0 Å². The fraction of sp³-hybridized carbons (Fsp3) is 0.643. The Kier molecular flexibility index (Phi) is 2.43. The van der Waals surface area contributed by atoms with E-state index in [9.17, 15) is 0 Å². The second-order valence-corrected chi connectivity index (χ2v) is 5.55. The molecule has 4 heteroatoms. The highest BCUT2D eigenvalue weighted by atomic mass is 16.5. The van der Waals surface area contributed by atoms with Gasteiger partial charge >= 0.3 is 0 Å². The van der Waals surface area contributed by atoms with Crippen molar-refractivity contribution in [2.75, 3.05) is 31.1 Å². The zero-order valence-corrected chi connectivity index (χ0v) is 10.6. The van der Waals surface area contributed by atoms with Gasteiger partial charge < -0.3 is 15.0 Å². The highest BCUT2D eigenvalue weighted by Gasteiger charge is 2.30. The van der Waals surface area contributed by atoms with E-state index >= 15 is 0 Å². The van der Waals surface area contributed by atoms with Crippen LogP contribution in [0.15, 0.2) is 12.3 Å². The quantitative estimate of drug-likeness (QED) is 0.814. The summed E-state index contributed by atoms with van der Waals surface area (Å²) in [7, 11) is 0. The summed E-state index contributed by atoms with van der Waals surface area (Å²) in [5.41, 5.74) is 1.36. The molecule has 1 unspecified atom stereocenters. The van der Waals surface area contributed by atoms with Gasteiger partial charge in [-0.25, -0.2) is 4.98 Å². The predicted octanol–water partition coefficient (Wildman–Crippen LogP) is 1.52. The van der Waals surface area contributed by atoms with E-state index in [-0.39, 0.29) is 0 Å². The molecule has 2 fully saturated rings. The van der Waals surface area contributed by atoms with Crippen LogP contribution in [0.3, 0.4) is 0 Å². The molecular formula is C14H19N3O. The normalized spacial score (nSPS) is 26.9. The van der Waals surface area contributed by atoms with Gasteiger partial charge in [0.15, 0.2) is 11.6 Å². The van der Waals surface area contributed by atoms with Crippen LogP contribution in [0.2, 0.25) is 0 Å². The maximum Gasteiger partial charge on any atom is 0.171 e. The smallest absolute Gasteiger partial charge is 0.171 e. The third-order valence-electron chi connectivity index (χ3n) is 4.23. The first-order valence-corrected chi connectivity index (χ1v) is 7.02. The van der Waals surface area contributed by atoms with Gasteiger partial charge in [-0.2, -0.15) is 0 Å². The lowest BCUT2D eigenvalue weighted by atomic mass is 10.1. The van der Waals surface area contributed by atoms with Crippen LogP contribution < -0.4 is 15.0 Å². The number of aromatic nitrogens is 1. The molecule has 4 nitrogen and oxygen atoms in total. The number of nitrogens with one attached hydrogen (secondary N) is 1. The van der Waals surface area contributed by atoms with Gasteiger partial charge in [0.2, 0.25) is 0 Å². The molecule has 96 valence electrons. The summed E-state index contributed by atoms with van der Waals surface area (Å²) in [6.45, 7) is 3.94. The van der Waals surface area contributed by atoms with Crippen molar-refractivity contribution in [2.24, 2.45) is 0 Å². The van der Waals surface area contributed by atoms with E-state index in [2.05, 4.69) is 22.5 Å². The Hall–Kier alpha value is -1.29. The standard InChI is InChI=1S/C14H19N3O/c1-2-10(1)11-7-13-14(16-8-11)17-5-4-15-9-12(17)3-6-18-13/h7-8,10,12,15H,1-6,9H2. The van der Waals surface area contributed by atoms with Gasteiger partial charge in [0.1, 0.15) is 0 Å². The molecule has 0 bridgehead atoms. The number of anilines is 1. The molecule has 1 atom stereocenters. The second kappa shape index (κ2) is 4.12. The molecule has 18 heavy (non-hydrogen) atoms. The van der Waals surface area contributed by atoms with Crippen LogP contribution in [-0.4, -0.2) is 37.3 Å². The largest absolute Gasteiger partial charge is 0.490 e. The van der Waals surface area contributed by atoms with Crippen molar-refractivity contribution in [3.05, 3.63) is 17.8 Å². The number of fused-ring (bicyclic) bond motifs is 3. The fourth-order valence-corrected chi connectivity index (χ4v) is 3.02. The molecule has 1 aromatic heterocycles. The molecule has 2 aliphatic heterocycles. The van der Waals surface area contributed by atoms with E-state index in [1.54, 1.807) is 0 Å². The molecule has 0 aromatic carbocycles. The van der Waals surface area contributed by atoms with Crippen LogP contribution in [0.4, 0.5) is 5.82 Å². The van der Waals surface area contributed by atoms with Gasteiger partial charge in [0, 0.05) is 38.3 Å². The summed E-state index contributed by atoms with van der Waals surface area (Å²) in [5.74, 6) is 2.81. The summed E-state index contributed by atoms with van der Waals surface area (Å²) in [5, 5.41) is 3.46. The summed E-state index contributed by atoms with van der Waals surface area (Å²) in [4.78, 5) is 7.12. The number of piperazine rings is 1. The monoisotopic (exact) mass is 245 g/mol. The van der Waals surface area contributed by atoms with E-state index in [0.717, 1.165) is 50.1 Å². The van der Waals surface area contributed by atoms with Gasteiger partial charge in [0.25, 0.3) is 0 Å². The van der Waals surface area contributed by atoms with Gasteiger partial charge in [-0.3, -0.25) is 0 Å². The lowest BCUT2D eigenvalue weighted by molar-refractivity contribution is 0.303. The summed E-state index contributed by atoms with van der Waals surface area (Å²) >= 11 is 0. The van der Waals surface area contributed by atoms with Crippen molar-refractivity contribution in [3.63, 3.8) is 0 Å². The molecule has 1 saturated heterocycles. The van der Waals surface area contributed by atoms with E-state index in [1.807, 2.05) is 0 Å². The number of pyridine rings is 1. The molecule has 3 heterocycles.